The van der Waals surface area contributed by atoms with Crippen LogP contribution in [0.3, 0.4) is 0 Å². The SMILES string of the molecule is CCOC[C@@H]1CN(C(=O)c2cc(C)on2)Cc2ncn(CC3CC3)c21. The molecule has 0 aromatic carbocycles. The zero-order valence-corrected chi connectivity index (χ0v) is 14.8. The number of carbonyl (C=O) groups is 1. The molecule has 2 aromatic heterocycles. The first-order chi connectivity index (χ1) is 12.2. The molecule has 0 spiro atoms. The molecule has 1 atom stereocenters. The third-order valence-electron chi connectivity index (χ3n) is 4.94. The van der Waals surface area contributed by atoms with Gasteiger partial charge in [0.2, 0.25) is 0 Å². The molecule has 2 aromatic rings. The smallest absolute Gasteiger partial charge is 0.276 e. The average Bonchev–Trinajstić information content (AvgIpc) is 3.17. The van der Waals surface area contributed by atoms with Gasteiger partial charge >= 0.3 is 0 Å². The van der Waals surface area contributed by atoms with Gasteiger partial charge in [0, 0.05) is 37.4 Å². The standard InChI is InChI=1S/C18H24N4O3/c1-3-24-10-14-8-21(18(23)15-6-12(2)25-20-15)9-16-17(14)22(11-19-16)7-13-4-5-13/h6,11,13-14H,3-5,7-10H2,1-2H3/t14-/m0/s1. The molecule has 4 rings (SSSR count). The van der Waals surface area contributed by atoms with Crippen LogP contribution in [0, 0.1) is 12.8 Å². The summed E-state index contributed by atoms with van der Waals surface area (Å²) in [4.78, 5) is 19.2. The Hall–Kier alpha value is -2.15. The van der Waals surface area contributed by atoms with Crippen molar-refractivity contribution in [2.45, 2.75) is 45.7 Å². The summed E-state index contributed by atoms with van der Waals surface area (Å²) in [5.41, 5.74) is 2.57. The molecular weight excluding hydrogens is 320 g/mol. The van der Waals surface area contributed by atoms with Crippen LogP contribution in [0.15, 0.2) is 16.9 Å². The van der Waals surface area contributed by atoms with Crippen molar-refractivity contribution in [1.82, 2.24) is 19.6 Å². The van der Waals surface area contributed by atoms with Crippen LogP contribution in [0.1, 0.15) is 53.3 Å². The van der Waals surface area contributed by atoms with Crippen molar-refractivity contribution < 1.29 is 14.1 Å². The number of fused-ring (bicyclic) bond motifs is 1. The molecule has 0 unspecified atom stereocenters. The van der Waals surface area contributed by atoms with E-state index in [4.69, 9.17) is 9.26 Å². The number of ether oxygens (including phenoxy) is 1. The molecule has 0 N–H and O–H groups in total. The highest BCUT2D eigenvalue weighted by Crippen LogP contribution is 2.34. The van der Waals surface area contributed by atoms with E-state index in [9.17, 15) is 4.79 Å². The highest BCUT2D eigenvalue weighted by atomic mass is 16.5. The van der Waals surface area contributed by atoms with Gasteiger partial charge in [-0.15, -0.1) is 0 Å². The van der Waals surface area contributed by atoms with Gasteiger partial charge in [-0.2, -0.15) is 0 Å². The predicted molar refractivity (Wildman–Crippen MR) is 90.2 cm³/mol. The Balaban J connectivity index is 1.58. The van der Waals surface area contributed by atoms with Crippen LogP contribution in [-0.2, 0) is 17.8 Å². The predicted octanol–water partition coefficient (Wildman–Crippen LogP) is 2.37. The lowest BCUT2D eigenvalue weighted by molar-refractivity contribution is 0.0634. The molecule has 3 heterocycles. The summed E-state index contributed by atoms with van der Waals surface area (Å²) in [5.74, 6) is 1.45. The van der Waals surface area contributed by atoms with E-state index in [0.29, 0.717) is 37.8 Å². The number of hydrogen-bond acceptors (Lipinski definition) is 5. The number of imidazole rings is 1. The second kappa shape index (κ2) is 6.63. The van der Waals surface area contributed by atoms with Gasteiger partial charge in [0.1, 0.15) is 5.76 Å². The summed E-state index contributed by atoms with van der Waals surface area (Å²) in [6.45, 7) is 7.21. The summed E-state index contributed by atoms with van der Waals surface area (Å²) in [6.07, 6.45) is 4.54. The maximum atomic E-state index is 12.8. The van der Waals surface area contributed by atoms with Gasteiger partial charge in [-0.1, -0.05) is 5.16 Å². The fourth-order valence-electron chi connectivity index (χ4n) is 3.52. The van der Waals surface area contributed by atoms with Crippen LogP contribution in [-0.4, -0.2) is 45.3 Å². The monoisotopic (exact) mass is 344 g/mol. The average molecular weight is 344 g/mol. The highest BCUT2D eigenvalue weighted by molar-refractivity contribution is 5.92. The van der Waals surface area contributed by atoms with E-state index in [1.165, 1.54) is 18.5 Å². The Kier molecular flexibility index (Phi) is 4.33. The van der Waals surface area contributed by atoms with Crippen LogP contribution in [0.5, 0.6) is 0 Å². The molecule has 1 aliphatic heterocycles. The van der Waals surface area contributed by atoms with E-state index in [0.717, 1.165) is 18.2 Å². The van der Waals surface area contributed by atoms with E-state index in [1.54, 1.807) is 17.9 Å². The van der Waals surface area contributed by atoms with E-state index in [-0.39, 0.29) is 11.8 Å². The first-order valence-corrected chi connectivity index (χ1v) is 9.00. The molecule has 0 radical (unpaired) electrons. The summed E-state index contributed by atoms with van der Waals surface area (Å²) < 4.78 is 13.0. The maximum absolute atomic E-state index is 12.8. The minimum atomic E-state index is -0.110. The largest absolute Gasteiger partial charge is 0.381 e. The second-order valence-electron chi connectivity index (χ2n) is 7.04. The Morgan fingerprint density at radius 2 is 2.28 bits per heavy atom. The number of amides is 1. The lowest BCUT2D eigenvalue weighted by Crippen LogP contribution is -2.40. The highest BCUT2D eigenvalue weighted by Gasteiger charge is 2.34. The fourth-order valence-corrected chi connectivity index (χ4v) is 3.52. The van der Waals surface area contributed by atoms with Crippen molar-refractivity contribution in [3.8, 4) is 0 Å². The third kappa shape index (κ3) is 3.33. The zero-order chi connectivity index (χ0) is 17.4. The van der Waals surface area contributed by atoms with E-state index >= 15 is 0 Å². The summed E-state index contributed by atoms with van der Waals surface area (Å²) >= 11 is 0. The fraction of sp³-hybridized carbons (Fsp3) is 0.611. The molecular formula is C18H24N4O3. The van der Waals surface area contributed by atoms with Crippen molar-refractivity contribution >= 4 is 5.91 Å². The van der Waals surface area contributed by atoms with E-state index < -0.39 is 0 Å². The summed E-state index contributed by atoms with van der Waals surface area (Å²) in [7, 11) is 0. The molecule has 1 fully saturated rings. The van der Waals surface area contributed by atoms with Crippen molar-refractivity contribution in [3.05, 3.63) is 35.2 Å². The van der Waals surface area contributed by atoms with Gasteiger partial charge in [-0.3, -0.25) is 4.79 Å². The Morgan fingerprint density at radius 3 is 2.96 bits per heavy atom. The van der Waals surface area contributed by atoms with E-state index in [1.807, 2.05) is 13.3 Å². The second-order valence-corrected chi connectivity index (χ2v) is 7.04. The van der Waals surface area contributed by atoms with Crippen molar-refractivity contribution in [2.24, 2.45) is 5.92 Å². The van der Waals surface area contributed by atoms with Crippen LogP contribution in [0.25, 0.3) is 0 Å². The Morgan fingerprint density at radius 1 is 1.44 bits per heavy atom. The maximum Gasteiger partial charge on any atom is 0.276 e. The number of hydrogen-bond donors (Lipinski definition) is 0. The molecule has 7 heteroatoms. The normalized spacial score (nSPS) is 19.9. The Bertz CT molecular complexity index is 762. The summed E-state index contributed by atoms with van der Waals surface area (Å²) in [6, 6.07) is 1.68. The first kappa shape index (κ1) is 16.3. The van der Waals surface area contributed by atoms with Gasteiger partial charge in [-0.05, 0) is 32.6 Å². The topological polar surface area (TPSA) is 73.4 Å². The van der Waals surface area contributed by atoms with Crippen LogP contribution in [0.4, 0.5) is 0 Å². The Labute approximate surface area is 146 Å². The van der Waals surface area contributed by atoms with Crippen LogP contribution < -0.4 is 0 Å². The molecule has 2 aliphatic rings. The number of nitrogens with zero attached hydrogens (tertiary/aromatic N) is 4. The number of rotatable bonds is 6. The van der Waals surface area contributed by atoms with Gasteiger partial charge < -0.3 is 18.7 Å². The van der Waals surface area contributed by atoms with Gasteiger partial charge in [0.25, 0.3) is 5.91 Å². The minimum absolute atomic E-state index is 0.110. The van der Waals surface area contributed by atoms with Gasteiger partial charge in [0.15, 0.2) is 5.69 Å². The molecule has 7 nitrogen and oxygen atoms in total. The number of aromatic nitrogens is 3. The third-order valence-corrected chi connectivity index (χ3v) is 4.94. The quantitative estimate of drug-likeness (QED) is 0.804. The lowest BCUT2D eigenvalue weighted by Gasteiger charge is -2.32. The molecule has 25 heavy (non-hydrogen) atoms. The van der Waals surface area contributed by atoms with Gasteiger partial charge in [0.05, 0.1) is 25.2 Å². The van der Waals surface area contributed by atoms with Gasteiger partial charge in [-0.25, -0.2) is 4.98 Å². The van der Waals surface area contributed by atoms with E-state index in [2.05, 4.69) is 14.7 Å². The molecule has 1 amide bonds. The lowest BCUT2D eigenvalue weighted by atomic mass is 9.98. The molecule has 0 saturated heterocycles. The zero-order valence-electron chi connectivity index (χ0n) is 14.8. The van der Waals surface area contributed by atoms with Crippen LogP contribution in [0.2, 0.25) is 0 Å². The van der Waals surface area contributed by atoms with Crippen molar-refractivity contribution in [3.63, 3.8) is 0 Å². The van der Waals surface area contributed by atoms with Crippen molar-refractivity contribution in [1.29, 1.82) is 0 Å². The molecule has 0 bridgehead atoms. The first-order valence-electron chi connectivity index (χ1n) is 9.00. The molecule has 1 aliphatic carbocycles. The number of aryl methyl sites for hydroxylation is 1. The molecule has 134 valence electrons. The van der Waals surface area contributed by atoms with Crippen LogP contribution >= 0.6 is 0 Å². The molecule has 1 saturated carbocycles. The summed E-state index contributed by atoms with van der Waals surface area (Å²) in [5, 5.41) is 3.86. The van der Waals surface area contributed by atoms with Crippen molar-refractivity contribution in [2.75, 3.05) is 19.8 Å². The minimum Gasteiger partial charge on any atom is -0.381 e. The number of carbonyl (C=O) groups excluding carboxylic acids is 1.